The second-order valence-electron chi connectivity index (χ2n) is 4.86. The Morgan fingerprint density at radius 3 is 2.62 bits per heavy atom. The van der Waals surface area contributed by atoms with Crippen LogP contribution in [0.5, 0.6) is 0 Å². The minimum Gasteiger partial charge on any atom is -0.307 e. The van der Waals surface area contributed by atoms with Crippen LogP contribution in [-0.2, 0) is 0 Å². The maximum absolute atomic E-state index is 6.19. The van der Waals surface area contributed by atoms with Crippen molar-refractivity contribution in [3.05, 3.63) is 59.9 Å². The number of fused-ring (bicyclic) bond motifs is 1. The van der Waals surface area contributed by atoms with E-state index in [1.54, 1.807) is 6.07 Å². The fraction of sp³-hybridized carbons (Fsp3) is 0.0588. The van der Waals surface area contributed by atoms with Gasteiger partial charge in [-0.05, 0) is 24.3 Å². The summed E-state index contributed by atoms with van der Waals surface area (Å²) in [5.41, 5.74) is 1.70. The Balaban J connectivity index is 0.00000169. The largest absolute Gasteiger partial charge is 0.307 e. The molecule has 0 fully saturated rings. The molecule has 0 amide bonds. The average Bonchev–Trinajstić information content (AvgIpc) is 2.99. The molecule has 2 heterocycles. The highest BCUT2D eigenvalue weighted by molar-refractivity contribution is 6.33. The maximum Gasteiger partial charge on any atom is 0.231 e. The van der Waals surface area contributed by atoms with Gasteiger partial charge in [0.2, 0.25) is 5.95 Å². The molecule has 6 nitrogen and oxygen atoms in total. The molecule has 120 valence electrons. The Morgan fingerprint density at radius 1 is 0.958 bits per heavy atom. The van der Waals surface area contributed by atoms with Gasteiger partial charge in [-0.2, -0.15) is 10.1 Å². The highest BCUT2D eigenvalue weighted by Crippen LogP contribution is 2.26. The lowest BCUT2D eigenvalue weighted by molar-refractivity contribution is 1.05. The number of anilines is 2. The molecule has 0 atom stereocenters. The van der Waals surface area contributed by atoms with E-state index in [9.17, 15) is 0 Å². The van der Waals surface area contributed by atoms with Crippen molar-refractivity contribution in [2.75, 3.05) is 5.32 Å². The molecule has 2 aromatic heterocycles. The molecule has 7 heteroatoms. The third-order valence-electron chi connectivity index (χ3n) is 3.39. The first kappa shape index (κ1) is 15.9. The van der Waals surface area contributed by atoms with Crippen molar-refractivity contribution in [1.82, 2.24) is 25.1 Å². The topological polar surface area (TPSA) is 79.4 Å². The molecule has 0 spiro atoms. The van der Waals surface area contributed by atoms with Gasteiger partial charge < -0.3 is 5.32 Å². The van der Waals surface area contributed by atoms with Crippen molar-refractivity contribution in [3.8, 4) is 11.4 Å². The molecule has 24 heavy (non-hydrogen) atoms. The van der Waals surface area contributed by atoms with Gasteiger partial charge in [0, 0.05) is 10.9 Å². The molecule has 2 aromatic carbocycles. The normalized spacial score (nSPS) is 10.4. The van der Waals surface area contributed by atoms with Crippen LogP contribution in [0.25, 0.3) is 22.3 Å². The molecule has 0 aliphatic rings. The molecule has 0 aliphatic carbocycles. The van der Waals surface area contributed by atoms with Crippen LogP contribution in [0.1, 0.15) is 7.43 Å². The van der Waals surface area contributed by atoms with Crippen molar-refractivity contribution in [2.24, 2.45) is 0 Å². The van der Waals surface area contributed by atoms with E-state index in [-0.39, 0.29) is 7.43 Å². The number of para-hydroxylation sites is 1. The van der Waals surface area contributed by atoms with Crippen LogP contribution < -0.4 is 5.32 Å². The van der Waals surface area contributed by atoms with Crippen LogP contribution in [-0.4, -0.2) is 25.1 Å². The number of nitrogens with one attached hydrogen (secondary N) is 2. The van der Waals surface area contributed by atoms with Crippen LogP contribution >= 0.6 is 11.6 Å². The van der Waals surface area contributed by atoms with E-state index < -0.39 is 0 Å². The van der Waals surface area contributed by atoms with Crippen LogP contribution in [0.3, 0.4) is 0 Å². The molecule has 0 saturated carbocycles. The van der Waals surface area contributed by atoms with Crippen LogP contribution in [0.15, 0.2) is 54.9 Å². The minimum absolute atomic E-state index is 0. The highest BCUT2D eigenvalue weighted by Gasteiger charge is 2.10. The number of H-pyrrole nitrogens is 1. The number of benzene rings is 2. The molecule has 0 bridgehead atoms. The monoisotopic (exact) mass is 338 g/mol. The number of nitrogens with zero attached hydrogens (tertiary/aromatic N) is 4. The zero-order chi connectivity index (χ0) is 15.6. The fourth-order valence-corrected chi connectivity index (χ4v) is 2.51. The van der Waals surface area contributed by atoms with Gasteiger partial charge >= 0.3 is 0 Å². The third-order valence-corrected chi connectivity index (χ3v) is 3.72. The zero-order valence-corrected chi connectivity index (χ0v) is 12.6. The Bertz CT molecular complexity index is 981. The lowest BCUT2D eigenvalue weighted by Crippen LogP contribution is -2.00. The summed E-state index contributed by atoms with van der Waals surface area (Å²) in [6.45, 7) is 0. The molecule has 4 aromatic rings. The van der Waals surface area contributed by atoms with E-state index in [1.165, 1.54) is 6.33 Å². The van der Waals surface area contributed by atoms with Gasteiger partial charge in [0.1, 0.15) is 6.33 Å². The zero-order valence-electron chi connectivity index (χ0n) is 11.9. The smallest absolute Gasteiger partial charge is 0.231 e. The molecule has 0 unspecified atom stereocenters. The second-order valence-corrected chi connectivity index (χ2v) is 5.26. The Morgan fingerprint density at radius 2 is 1.75 bits per heavy atom. The van der Waals surface area contributed by atoms with E-state index in [2.05, 4.69) is 30.5 Å². The lowest BCUT2D eigenvalue weighted by Gasteiger charge is -2.05. The number of hydrogen-bond donors (Lipinski definition) is 2. The number of hydrogen-bond acceptors (Lipinski definition) is 5. The van der Waals surface area contributed by atoms with Crippen molar-refractivity contribution in [2.45, 2.75) is 7.43 Å². The molecule has 4 rings (SSSR count). The quantitative estimate of drug-likeness (QED) is 0.577. The summed E-state index contributed by atoms with van der Waals surface area (Å²) in [6, 6.07) is 15.2. The van der Waals surface area contributed by atoms with Crippen LogP contribution in [0.2, 0.25) is 5.02 Å². The molecular formula is C17H15ClN6. The molecule has 2 N–H and O–H groups in total. The predicted octanol–water partition coefficient (Wildman–Crippen LogP) is 4.45. The second kappa shape index (κ2) is 6.64. The number of rotatable bonds is 3. The molecule has 0 saturated heterocycles. The highest BCUT2D eigenvalue weighted by atomic mass is 35.5. The Hall–Kier alpha value is -2.99. The summed E-state index contributed by atoms with van der Waals surface area (Å²) >= 11 is 6.19. The van der Waals surface area contributed by atoms with Crippen LogP contribution in [0.4, 0.5) is 11.8 Å². The summed E-state index contributed by atoms with van der Waals surface area (Å²) in [7, 11) is 0. The van der Waals surface area contributed by atoms with Gasteiger partial charge in [-0.3, -0.25) is 5.10 Å². The van der Waals surface area contributed by atoms with Gasteiger partial charge in [-0.25, -0.2) is 9.97 Å². The summed E-state index contributed by atoms with van der Waals surface area (Å²) in [6.07, 6.45) is 1.45. The molecule has 0 radical (unpaired) electrons. The minimum atomic E-state index is 0. The van der Waals surface area contributed by atoms with Gasteiger partial charge in [-0.1, -0.05) is 43.3 Å². The van der Waals surface area contributed by atoms with Crippen molar-refractivity contribution < 1.29 is 0 Å². The third kappa shape index (κ3) is 2.91. The summed E-state index contributed by atoms with van der Waals surface area (Å²) in [5.74, 6) is 1.58. The van der Waals surface area contributed by atoms with Gasteiger partial charge in [-0.15, -0.1) is 0 Å². The number of halogens is 1. The van der Waals surface area contributed by atoms with Crippen molar-refractivity contribution >= 4 is 34.3 Å². The lowest BCUT2D eigenvalue weighted by atomic mass is 10.2. The van der Waals surface area contributed by atoms with E-state index >= 15 is 0 Å². The summed E-state index contributed by atoms with van der Waals surface area (Å²) < 4.78 is 0. The first-order valence-electron chi connectivity index (χ1n) is 6.95. The van der Waals surface area contributed by atoms with E-state index in [0.717, 1.165) is 16.5 Å². The standard InChI is InChI=1S/C16H11ClN6.CH4/c17-12-7-3-1-5-10(12)14-18-9-19-16(20-14)21-15-11-6-2-4-8-13(11)22-23-15;/h1-9H,(H2,18,19,20,21,22,23);1H4. The van der Waals surface area contributed by atoms with Crippen molar-refractivity contribution in [1.29, 1.82) is 0 Å². The number of aromatic nitrogens is 5. The summed E-state index contributed by atoms with van der Waals surface area (Å²) in [4.78, 5) is 12.7. The van der Waals surface area contributed by atoms with Gasteiger partial charge in [0.05, 0.1) is 10.5 Å². The first-order valence-corrected chi connectivity index (χ1v) is 7.33. The van der Waals surface area contributed by atoms with Gasteiger partial charge in [0.15, 0.2) is 11.6 Å². The Labute approximate surface area is 144 Å². The average molecular weight is 339 g/mol. The number of aromatic amines is 1. The first-order chi connectivity index (χ1) is 11.3. The molecular weight excluding hydrogens is 324 g/mol. The summed E-state index contributed by atoms with van der Waals surface area (Å²) in [5, 5.41) is 11.9. The van der Waals surface area contributed by atoms with Crippen LogP contribution in [0, 0.1) is 0 Å². The molecule has 0 aliphatic heterocycles. The van der Waals surface area contributed by atoms with E-state index in [4.69, 9.17) is 11.6 Å². The maximum atomic E-state index is 6.19. The predicted molar refractivity (Wildman–Crippen MR) is 96.4 cm³/mol. The van der Waals surface area contributed by atoms with Gasteiger partial charge in [0.25, 0.3) is 0 Å². The Kier molecular flexibility index (Phi) is 4.39. The van der Waals surface area contributed by atoms with E-state index in [1.807, 2.05) is 42.5 Å². The van der Waals surface area contributed by atoms with E-state index in [0.29, 0.717) is 22.6 Å². The fourth-order valence-electron chi connectivity index (χ4n) is 2.29. The van der Waals surface area contributed by atoms with Crippen molar-refractivity contribution in [3.63, 3.8) is 0 Å². The SMILES string of the molecule is C.Clc1ccccc1-c1ncnc(Nc2n[nH]c3ccccc23)n1.